The van der Waals surface area contributed by atoms with Crippen LogP contribution in [0.4, 0.5) is 0 Å². The van der Waals surface area contributed by atoms with Crippen molar-refractivity contribution in [3.05, 3.63) is 65.5 Å². The van der Waals surface area contributed by atoms with Gasteiger partial charge in [0.1, 0.15) is 0 Å². The van der Waals surface area contributed by atoms with Crippen LogP contribution >= 0.6 is 12.4 Å². The van der Waals surface area contributed by atoms with E-state index in [2.05, 4.69) is 10.3 Å². The molecular formula is C14H15ClN2O. The number of nitrogens with zero attached hydrogens (tertiary/aromatic N) is 1. The Bertz CT molecular complexity index is 497. The Morgan fingerprint density at radius 1 is 1.11 bits per heavy atom. The Labute approximate surface area is 113 Å². The molecule has 0 saturated carbocycles. The highest BCUT2D eigenvalue weighted by Gasteiger charge is 2.03. The lowest BCUT2D eigenvalue weighted by Crippen LogP contribution is -2.22. The van der Waals surface area contributed by atoms with Crippen molar-refractivity contribution in [1.29, 1.82) is 0 Å². The van der Waals surface area contributed by atoms with Gasteiger partial charge in [0, 0.05) is 24.5 Å². The number of hydrogen-bond acceptors (Lipinski definition) is 2. The minimum atomic E-state index is -0.0759. The zero-order chi connectivity index (χ0) is 12.1. The number of halogens is 1. The first kappa shape index (κ1) is 14.2. The maximum absolute atomic E-state index is 11.7. The van der Waals surface area contributed by atoms with Gasteiger partial charge in [-0.15, -0.1) is 12.4 Å². The first-order valence-electron chi connectivity index (χ1n) is 5.49. The summed E-state index contributed by atoms with van der Waals surface area (Å²) in [5.74, 6) is -0.0759. The fourth-order valence-electron chi connectivity index (χ4n) is 1.49. The van der Waals surface area contributed by atoms with Crippen LogP contribution in [0.15, 0.2) is 48.8 Å². The van der Waals surface area contributed by atoms with Crippen LogP contribution in [-0.2, 0) is 6.54 Å². The van der Waals surface area contributed by atoms with E-state index in [4.69, 9.17) is 0 Å². The molecule has 18 heavy (non-hydrogen) atoms. The SMILES string of the molecule is Cc1ccc(CNC(=O)c2ccncc2)cc1.Cl. The third-order valence-corrected chi connectivity index (χ3v) is 2.52. The zero-order valence-electron chi connectivity index (χ0n) is 10.1. The molecule has 1 N–H and O–H groups in total. The van der Waals surface area contributed by atoms with Gasteiger partial charge in [-0.05, 0) is 24.6 Å². The Morgan fingerprint density at radius 3 is 2.33 bits per heavy atom. The molecular weight excluding hydrogens is 248 g/mol. The molecule has 3 nitrogen and oxygen atoms in total. The van der Waals surface area contributed by atoms with Crippen molar-refractivity contribution in [3.63, 3.8) is 0 Å². The summed E-state index contributed by atoms with van der Waals surface area (Å²) in [5, 5.41) is 2.87. The maximum Gasteiger partial charge on any atom is 0.251 e. The summed E-state index contributed by atoms with van der Waals surface area (Å²) < 4.78 is 0. The van der Waals surface area contributed by atoms with Gasteiger partial charge in [0.05, 0.1) is 0 Å². The molecule has 0 spiro atoms. The Hall–Kier alpha value is -1.87. The van der Waals surface area contributed by atoms with Gasteiger partial charge >= 0.3 is 0 Å². The van der Waals surface area contributed by atoms with E-state index in [1.54, 1.807) is 24.5 Å². The van der Waals surface area contributed by atoms with E-state index >= 15 is 0 Å². The standard InChI is InChI=1S/C14H14N2O.ClH/c1-11-2-4-12(5-3-11)10-16-14(17)13-6-8-15-9-7-13;/h2-9H,10H2,1H3,(H,16,17);1H. The molecule has 2 rings (SSSR count). The summed E-state index contributed by atoms with van der Waals surface area (Å²) in [5.41, 5.74) is 2.94. The third-order valence-electron chi connectivity index (χ3n) is 2.52. The molecule has 0 atom stereocenters. The number of nitrogens with one attached hydrogen (secondary N) is 1. The number of aryl methyl sites for hydroxylation is 1. The summed E-state index contributed by atoms with van der Waals surface area (Å²) in [6.45, 7) is 2.58. The molecule has 0 aliphatic heterocycles. The van der Waals surface area contributed by atoms with E-state index in [-0.39, 0.29) is 18.3 Å². The minimum absolute atomic E-state index is 0. The van der Waals surface area contributed by atoms with Gasteiger partial charge in [-0.2, -0.15) is 0 Å². The van der Waals surface area contributed by atoms with Gasteiger partial charge in [0.2, 0.25) is 0 Å². The number of amides is 1. The molecule has 0 radical (unpaired) electrons. The Kier molecular flexibility index (Phi) is 5.33. The molecule has 0 fully saturated rings. The molecule has 0 aliphatic rings. The number of carbonyl (C=O) groups is 1. The molecule has 1 aromatic heterocycles. The highest BCUT2D eigenvalue weighted by atomic mass is 35.5. The van der Waals surface area contributed by atoms with E-state index in [9.17, 15) is 4.79 Å². The van der Waals surface area contributed by atoms with Crippen LogP contribution in [0, 0.1) is 6.92 Å². The average molecular weight is 263 g/mol. The monoisotopic (exact) mass is 262 g/mol. The molecule has 1 amide bonds. The second kappa shape index (κ2) is 6.77. The molecule has 0 saturated heterocycles. The largest absolute Gasteiger partial charge is 0.348 e. The molecule has 1 heterocycles. The van der Waals surface area contributed by atoms with Gasteiger partial charge in [-0.3, -0.25) is 9.78 Å². The zero-order valence-corrected chi connectivity index (χ0v) is 10.9. The summed E-state index contributed by atoms with van der Waals surface area (Å²) in [6.07, 6.45) is 3.22. The summed E-state index contributed by atoms with van der Waals surface area (Å²) in [6, 6.07) is 11.5. The molecule has 1 aromatic carbocycles. The maximum atomic E-state index is 11.7. The Balaban J connectivity index is 0.00000162. The quantitative estimate of drug-likeness (QED) is 0.924. The highest BCUT2D eigenvalue weighted by Crippen LogP contribution is 2.03. The lowest BCUT2D eigenvalue weighted by Gasteiger charge is -2.05. The summed E-state index contributed by atoms with van der Waals surface area (Å²) >= 11 is 0. The molecule has 4 heteroatoms. The number of aromatic nitrogens is 1. The van der Waals surface area contributed by atoms with Crippen LogP contribution in [0.2, 0.25) is 0 Å². The molecule has 0 aliphatic carbocycles. The van der Waals surface area contributed by atoms with E-state index < -0.39 is 0 Å². The number of benzene rings is 1. The van der Waals surface area contributed by atoms with Crippen molar-refractivity contribution in [3.8, 4) is 0 Å². The summed E-state index contributed by atoms with van der Waals surface area (Å²) in [4.78, 5) is 15.6. The number of pyridine rings is 1. The van der Waals surface area contributed by atoms with Gasteiger partial charge in [0.25, 0.3) is 5.91 Å². The Morgan fingerprint density at radius 2 is 1.72 bits per heavy atom. The number of rotatable bonds is 3. The van der Waals surface area contributed by atoms with Crippen LogP contribution in [0.25, 0.3) is 0 Å². The van der Waals surface area contributed by atoms with Gasteiger partial charge in [0.15, 0.2) is 0 Å². The fraction of sp³-hybridized carbons (Fsp3) is 0.143. The average Bonchev–Trinajstić information content (AvgIpc) is 2.39. The van der Waals surface area contributed by atoms with Crippen LogP contribution in [0.3, 0.4) is 0 Å². The molecule has 0 unspecified atom stereocenters. The van der Waals surface area contributed by atoms with Crippen LogP contribution in [0.1, 0.15) is 21.5 Å². The predicted octanol–water partition coefficient (Wildman–Crippen LogP) is 2.74. The van der Waals surface area contributed by atoms with Crippen molar-refractivity contribution in [2.75, 3.05) is 0 Å². The number of carbonyl (C=O) groups excluding carboxylic acids is 1. The predicted molar refractivity (Wildman–Crippen MR) is 73.8 cm³/mol. The van der Waals surface area contributed by atoms with E-state index in [1.165, 1.54) is 5.56 Å². The van der Waals surface area contributed by atoms with E-state index in [0.717, 1.165) is 5.56 Å². The lowest BCUT2D eigenvalue weighted by molar-refractivity contribution is 0.0951. The molecule has 0 bridgehead atoms. The smallest absolute Gasteiger partial charge is 0.251 e. The fourth-order valence-corrected chi connectivity index (χ4v) is 1.49. The van der Waals surface area contributed by atoms with Crippen molar-refractivity contribution < 1.29 is 4.79 Å². The second-order valence-electron chi connectivity index (χ2n) is 3.90. The van der Waals surface area contributed by atoms with Crippen molar-refractivity contribution in [2.24, 2.45) is 0 Å². The first-order chi connectivity index (χ1) is 8.25. The second-order valence-corrected chi connectivity index (χ2v) is 3.90. The highest BCUT2D eigenvalue weighted by molar-refractivity contribution is 5.93. The van der Waals surface area contributed by atoms with Crippen molar-refractivity contribution >= 4 is 18.3 Å². The van der Waals surface area contributed by atoms with E-state index in [0.29, 0.717) is 12.1 Å². The third kappa shape index (κ3) is 3.86. The first-order valence-corrected chi connectivity index (χ1v) is 5.49. The number of hydrogen-bond donors (Lipinski definition) is 1. The van der Waals surface area contributed by atoms with Gasteiger partial charge in [-0.1, -0.05) is 29.8 Å². The van der Waals surface area contributed by atoms with Gasteiger partial charge < -0.3 is 5.32 Å². The molecule has 94 valence electrons. The normalized spacial score (nSPS) is 9.39. The van der Waals surface area contributed by atoms with Crippen molar-refractivity contribution in [2.45, 2.75) is 13.5 Å². The van der Waals surface area contributed by atoms with Crippen LogP contribution in [-0.4, -0.2) is 10.9 Å². The van der Waals surface area contributed by atoms with Crippen LogP contribution in [0.5, 0.6) is 0 Å². The topological polar surface area (TPSA) is 42.0 Å². The minimum Gasteiger partial charge on any atom is -0.348 e. The van der Waals surface area contributed by atoms with Gasteiger partial charge in [-0.25, -0.2) is 0 Å². The molecule has 2 aromatic rings. The summed E-state index contributed by atoms with van der Waals surface area (Å²) in [7, 11) is 0. The van der Waals surface area contributed by atoms with E-state index in [1.807, 2.05) is 31.2 Å². The van der Waals surface area contributed by atoms with Crippen molar-refractivity contribution in [1.82, 2.24) is 10.3 Å². The van der Waals surface area contributed by atoms with Crippen LogP contribution < -0.4 is 5.32 Å². The lowest BCUT2D eigenvalue weighted by atomic mass is 10.1.